The van der Waals surface area contributed by atoms with Crippen molar-refractivity contribution in [3.05, 3.63) is 23.2 Å². The Hall–Kier alpha value is -2.28. The number of alkyl halides is 3. The molecule has 0 spiro atoms. The minimum absolute atomic E-state index is 0.0102. The molecule has 1 aromatic heterocycles. The molecule has 0 radical (unpaired) electrons. The van der Waals surface area contributed by atoms with Crippen molar-refractivity contribution in [3.8, 4) is 0 Å². The molecule has 0 saturated carbocycles. The van der Waals surface area contributed by atoms with Crippen molar-refractivity contribution in [2.45, 2.75) is 51.0 Å². The van der Waals surface area contributed by atoms with Gasteiger partial charge in [0.25, 0.3) is 5.13 Å². The van der Waals surface area contributed by atoms with Crippen LogP contribution < -0.4 is 9.62 Å². The minimum Gasteiger partial charge on any atom is -0.371 e. The Labute approximate surface area is 182 Å². The first kappa shape index (κ1) is 23.4. The number of fused-ring (bicyclic) bond motifs is 1. The van der Waals surface area contributed by atoms with Gasteiger partial charge in [0.2, 0.25) is 0 Å². The number of anilines is 2. The van der Waals surface area contributed by atoms with Gasteiger partial charge in [-0.3, -0.25) is 4.72 Å². The third-order valence-electron chi connectivity index (χ3n) is 5.02. The van der Waals surface area contributed by atoms with Crippen molar-refractivity contribution < 1.29 is 21.6 Å². The molecule has 1 aliphatic heterocycles. The number of nitrogens with zero attached hydrogens (tertiary/aromatic N) is 5. The Morgan fingerprint density at radius 3 is 2.71 bits per heavy atom. The lowest BCUT2D eigenvalue weighted by Gasteiger charge is -2.35. The highest BCUT2D eigenvalue weighted by Crippen LogP contribution is 2.43. The highest BCUT2D eigenvalue weighted by atomic mass is 32.2. The average molecular weight is 477 g/mol. The fourth-order valence-corrected chi connectivity index (χ4v) is 4.29. The van der Waals surface area contributed by atoms with Crippen LogP contribution in [0.25, 0.3) is 0 Å². The summed E-state index contributed by atoms with van der Waals surface area (Å²) in [5.41, 5.74) is -2.70. The van der Waals surface area contributed by atoms with E-state index in [2.05, 4.69) is 32.2 Å². The predicted octanol–water partition coefficient (Wildman–Crippen LogP) is 5.72. The summed E-state index contributed by atoms with van der Waals surface area (Å²) in [6.45, 7) is 5.60. The Morgan fingerprint density at radius 1 is 1.29 bits per heavy atom. The fourth-order valence-electron chi connectivity index (χ4n) is 3.35. The number of nitrogens with one attached hydrogen (secondary N) is 1. The van der Waals surface area contributed by atoms with Gasteiger partial charge < -0.3 is 4.90 Å². The second-order valence-electron chi connectivity index (χ2n) is 7.28. The van der Waals surface area contributed by atoms with Crippen LogP contribution in [0.5, 0.6) is 0 Å². The Kier molecular flexibility index (Phi) is 7.14. The topological polar surface area (TPSA) is 99.9 Å². The van der Waals surface area contributed by atoms with E-state index in [4.69, 9.17) is 0 Å². The smallest absolute Gasteiger partial charge is 0.371 e. The summed E-state index contributed by atoms with van der Waals surface area (Å²) in [5, 5.41) is 15.4. The van der Waals surface area contributed by atoms with E-state index in [0.717, 1.165) is 55.7 Å². The number of hydrogen-bond acceptors (Lipinski definition) is 8. The van der Waals surface area contributed by atoms with E-state index in [1.54, 1.807) is 10.8 Å². The average Bonchev–Trinajstić information content (AvgIpc) is 3.21. The molecule has 1 atom stereocenters. The number of rotatable bonds is 8. The summed E-state index contributed by atoms with van der Waals surface area (Å²) < 4.78 is 64.3. The standard InChI is InChI=1S/C18H23F3N6O2S2/c1-3-4-5-7-27-8-6-12(2)13-9-14(23-25-17-24-22-11-30-17)15(10-16(13)27)26-31(28,29)18(19,20)21/h9-12,26H,3-8H2,1-2H3/b25-23+. The molecule has 8 nitrogen and oxygen atoms in total. The van der Waals surface area contributed by atoms with E-state index in [0.29, 0.717) is 5.69 Å². The molecule has 13 heteroatoms. The van der Waals surface area contributed by atoms with Gasteiger partial charge in [0, 0.05) is 18.8 Å². The summed E-state index contributed by atoms with van der Waals surface area (Å²) in [5.74, 6) is 0.140. The van der Waals surface area contributed by atoms with Crippen LogP contribution in [0, 0.1) is 0 Å². The van der Waals surface area contributed by atoms with Crippen molar-refractivity contribution in [1.29, 1.82) is 0 Å². The second-order valence-corrected chi connectivity index (χ2v) is 9.77. The van der Waals surface area contributed by atoms with Crippen LogP contribution in [-0.4, -0.2) is 37.2 Å². The molecule has 2 heterocycles. The third kappa shape index (κ3) is 5.50. The molecule has 1 aliphatic rings. The molecule has 0 amide bonds. The molecule has 3 rings (SSSR count). The predicted molar refractivity (Wildman–Crippen MR) is 114 cm³/mol. The van der Waals surface area contributed by atoms with E-state index in [1.165, 1.54) is 11.6 Å². The molecule has 1 N–H and O–H groups in total. The summed E-state index contributed by atoms with van der Waals surface area (Å²) in [7, 11) is -5.62. The van der Waals surface area contributed by atoms with Crippen molar-refractivity contribution in [2.24, 2.45) is 10.2 Å². The lowest BCUT2D eigenvalue weighted by atomic mass is 9.90. The first-order chi connectivity index (χ1) is 14.6. The maximum atomic E-state index is 13.0. The van der Waals surface area contributed by atoms with Gasteiger partial charge in [-0.15, -0.1) is 20.4 Å². The van der Waals surface area contributed by atoms with E-state index >= 15 is 0 Å². The Bertz CT molecular complexity index is 1030. The number of hydrogen-bond donors (Lipinski definition) is 1. The van der Waals surface area contributed by atoms with Gasteiger partial charge >= 0.3 is 15.5 Å². The van der Waals surface area contributed by atoms with Crippen molar-refractivity contribution in [3.63, 3.8) is 0 Å². The van der Waals surface area contributed by atoms with Crippen LogP contribution in [0.15, 0.2) is 27.9 Å². The van der Waals surface area contributed by atoms with Gasteiger partial charge in [-0.2, -0.15) is 21.6 Å². The molecule has 0 aliphatic carbocycles. The van der Waals surface area contributed by atoms with Crippen molar-refractivity contribution in [1.82, 2.24) is 10.2 Å². The second kappa shape index (κ2) is 9.47. The van der Waals surface area contributed by atoms with Crippen LogP contribution in [0.4, 0.5) is 35.4 Å². The molecule has 0 fully saturated rings. The highest BCUT2D eigenvalue weighted by molar-refractivity contribution is 7.93. The normalized spacial score (nSPS) is 17.2. The molecular weight excluding hydrogens is 453 g/mol. The fraction of sp³-hybridized carbons (Fsp3) is 0.556. The van der Waals surface area contributed by atoms with Crippen molar-refractivity contribution >= 4 is 43.6 Å². The zero-order valence-corrected chi connectivity index (χ0v) is 18.7. The summed E-state index contributed by atoms with van der Waals surface area (Å²) >= 11 is 1.10. The van der Waals surface area contributed by atoms with Gasteiger partial charge in [0.1, 0.15) is 11.2 Å². The molecular formula is C18H23F3N6O2S2. The van der Waals surface area contributed by atoms with Gasteiger partial charge in [-0.25, -0.2) is 0 Å². The van der Waals surface area contributed by atoms with Crippen molar-refractivity contribution in [2.75, 3.05) is 22.7 Å². The van der Waals surface area contributed by atoms with Crippen LogP contribution in [0.3, 0.4) is 0 Å². The number of benzene rings is 1. The third-order valence-corrected chi connectivity index (χ3v) is 6.69. The first-order valence-corrected chi connectivity index (χ1v) is 12.2. The molecule has 0 saturated heterocycles. The summed E-state index contributed by atoms with van der Waals surface area (Å²) in [6, 6.07) is 3.03. The Morgan fingerprint density at radius 2 is 2.06 bits per heavy atom. The monoisotopic (exact) mass is 476 g/mol. The summed E-state index contributed by atoms with van der Waals surface area (Å²) in [4.78, 5) is 2.09. The molecule has 31 heavy (non-hydrogen) atoms. The zero-order valence-electron chi connectivity index (χ0n) is 17.1. The van der Waals surface area contributed by atoms with E-state index in [-0.39, 0.29) is 22.4 Å². The molecule has 2 aromatic rings. The minimum atomic E-state index is -5.62. The van der Waals surface area contributed by atoms with E-state index in [9.17, 15) is 21.6 Å². The maximum Gasteiger partial charge on any atom is 0.516 e. The van der Waals surface area contributed by atoms with Crippen LogP contribution in [-0.2, 0) is 10.0 Å². The molecule has 0 bridgehead atoms. The van der Waals surface area contributed by atoms with Gasteiger partial charge in [0.15, 0.2) is 0 Å². The quantitative estimate of drug-likeness (QED) is 0.388. The molecule has 170 valence electrons. The number of azo groups is 1. The van der Waals surface area contributed by atoms with Crippen LogP contribution >= 0.6 is 11.3 Å². The van der Waals surface area contributed by atoms with Crippen LogP contribution in [0.1, 0.15) is 51.0 Å². The number of sulfonamides is 1. The van der Waals surface area contributed by atoms with Gasteiger partial charge in [-0.05, 0) is 36.5 Å². The highest BCUT2D eigenvalue weighted by Gasteiger charge is 2.46. The number of aromatic nitrogens is 2. The molecule has 1 unspecified atom stereocenters. The van der Waals surface area contributed by atoms with E-state index < -0.39 is 15.5 Å². The summed E-state index contributed by atoms with van der Waals surface area (Å²) in [6.07, 6.45) is 3.88. The van der Waals surface area contributed by atoms with E-state index in [1.807, 2.05) is 6.92 Å². The lowest BCUT2D eigenvalue weighted by molar-refractivity contribution is -0.0429. The number of unbranched alkanes of at least 4 members (excludes halogenated alkanes) is 2. The lowest BCUT2D eigenvalue weighted by Crippen LogP contribution is -2.32. The first-order valence-electron chi connectivity index (χ1n) is 9.82. The molecule has 1 aromatic carbocycles. The van der Waals surface area contributed by atoms with Crippen LogP contribution in [0.2, 0.25) is 0 Å². The van der Waals surface area contributed by atoms with Gasteiger partial charge in [0.05, 0.1) is 5.69 Å². The Balaban J connectivity index is 2.05. The zero-order chi connectivity index (χ0) is 22.6. The SMILES string of the molecule is CCCCCN1CCC(C)c2cc(/N=N/c3nncs3)c(NS(=O)(=O)C(F)(F)F)cc21. The number of halogens is 3. The largest absolute Gasteiger partial charge is 0.516 e. The maximum absolute atomic E-state index is 13.0. The van der Waals surface area contributed by atoms with Gasteiger partial charge in [-0.1, -0.05) is 38.0 Å².